The lowest BCUT2D eigenvalue weighted by Gasteiger charge is -2.06. The second-order valence-corrected chi connectivity index (χ2v) is 3.56. The summed E-state index contributed by atoms with van der Waals surface area (Å²) in [5.74, 6) is 0.111. The van der Waals surface area contributed by atoms with Gasteiger partial charge in [0.1, 0.15) is 5.82 Å². The summed E-state index contributed by atoms with van der Waals surface area (Å²) in [6.07, 6.45) is 0.317. The standard InChI is InChI=1S/C12H12N2O3/c1-17-12-8-4-2-3-5-9(8)13-10(14-12)6-7-11(15)16/h2-5H,6-7H2,1H3,(H,15,16). The molecule has 88 valence electrons. The van der Waals surface area contributed by atoms with Crippen molar-refractivity contribution in [2.45, 2.75) is 12.8 Å². The van der Waals surface area contributed by atoms with Crippen molar-refractivity contribution in [1.29, 1.82) is 0 Å². The third-order valence-corrected chi connectivity index (χ3v) is 2.37. The third kappa shape index (κ3) is 2.50. The van der Waals surface area contributed by atoms with Gasteiger partial charge in [0.05, 0.1) is 24.4 Å². The van der Waals surface area contributed by atoms with Gasteiger partial charge in [-0.05, 0) is 12.1 Å². The van der Waals surface area contributed by atoms with Gasteiger partial charge in [0, 0.05) is 6.42 Å². The van der Waals surface area contributed by atoms with Crippen LogP contribution in [0, 0.1) is 0 Å². The first-order chi connectivity index (χ1) is 8.20. The summed E-state index contributed by atoms with van der Waals surface area (Å²) in [7, 11) is 1.54. The Morgan fingerprint density at radius 3 is 2.82 bits per heavy atom. The van der Waals surface area contributed by atoms with E-state index in [4.69, 9.17) is 9.84 Å². The average molecular weight is 232 g/mol. The first kappa shape index (κ1) is 11.3. The van der Waals surface area contributed by atoms with E-state index in [9.17, 15) is 4.79 Å². The summed E-state index contributed by atoms with van der Waals surface area (Å²) in [4.78, 5) is 19.0. The molecule has 0 amide bonds. The predicted molar refractivity (Wildman–Crippen MR) is 62.0 cm³/mol. The highest BCUT2D eigenvalue weighted by Gasteiger charge is 2.08. The molecule has 0 unspecified atom stereocenters. The number of hydrogen-bond donors (Lipinski definition) is 1. The van der Waals surface area contributed by atoms with Gasteiger partial charge < -0.3 is 9.84 Å². The maximum absolute atomic E-state index is 10.5. The maximum Gasteiger partial charge on any atom is 0.303 e. The van der Waals surface area contributed by atoms with Crippen molar-refractivity contribution < 1.29 is 14.6 Å². The van der Waals surface area contributed by atoms with E-state index < -0.39 is 5.97 Å². The molecule has 1 aromatic carbocycles. The number of carboxylic acids is 1. The van der Waals surface area contributed by atoms with Crippen molar-refractivity contribution in [1.82, 2.24) is 9.97 Å². The van der Waals surface area contributed by atoms with Gasteiger partial charge in [0.15, 0.2) is 0 Å². The zero-order valence-corrected chi connectivity index (χ0v) is 9.38. The minimum Gasteiger partial charge on any atom is -0.481 e. The number of rotatable bonds is 4. The van der Waals surface area contributed by atoms with E-state index in [2.05, 4.69) is 9.97 Å². The number of carboxylic acid groups (broad SMARTS) is 1. The van der Waals surface area contributed by atoms with Crippen LogP contribution in [-0.4, -0.2) is 28.2 Å². The first-order valence-electron chi connectivity index (χ1n) is 5.22. The zero-order chi connectivity index (χ0) is 12.3. The van der Waals surface area contributed by atoms with Gasteiger partial charge in [-0.3, -0.25) is 4.79 Å². The molecule has 1 aromatic heterocycles. The minimum absolute atomic E-state index is 0.0154. The van der Waals surface area contributed by atoms with Crippen LogP contribution < -0.4 is 4.74 Å². The number of methoxy groups -OCH3 is 1. The number of aromatic nitrogens is 2. The van der Waals surface area contributed by atoms with E-state index in [1.807, 2.05) is 24.3 Å². The Labute approximate surface area is 98.1 Å². The highest BCUT2D eigenvalue weighted by molar-refractivity contribution is 5.83. The van der Waals surface area contributed by atoms with Crippen LogP contribution in [0.25, 0.3) is 10.9 Å². The van der Waals surface area contributed by atoms with Crippen molar-refractivity contribution in [3.05, 3.63) is 30.1 Å². The second-order valence-electron chi connectivity index (χ2n) is 3.56. The lowest BCUT2D eigenvalue weighted by molar-refractivity contribution is -0.137. The van der Waals surface area contributed by atoms with E-state index in [0.29, 0.717) is 18.1 Å². The number of hydrogen-bond acceptors (Lipinski definition) is 4. The van der Waals surface area contributed by atoms with Crippen LogP contribution in [-0.2, 0) is 11.2 Å². The molecule has 0 atom stereocenters. The number of ether oxygens (including phenoxy) is 1. The van der Waals surface area contributed by atoms with Gasteiger partial charge in [-0.2, -0.15) is 4.98 Å². The van der Waals surface area contributed by atoms with E-state index in [-0.39, 0.29) is 6.42 Å². The van der Waals surface area contributed by atoms with Crippen molar-refractivity contribution in [3.8, 4) is 5.88 Å². The number of aryl methyl sites for hydroxylation is 1. The van der Waals surface area contributed by atoms with Gasteiger partial charge in [0.2, 0.25) is 5.88 Å². The lowest BCUT2D eigenvalue weighted by Crippen LogP contribution is -2.03. The number of nitrogens with zero attached hydrogens (tertiary/aromatic N) is 2. The highest BCUT2D eigenvalue weighted by atomic mass is 16.5. The molecule has 5 nitrogen and oxygen atoms in total. The predicted octanol–water partition coefficient (Wildman–Crippen LogP) is 1.66. The Hall–Kier alpha value is -2.17. The maximum atomic E-state index is 10.5. The van der Waals surface area contributed by atoms with Crippen LogP contribution in [0.2, 0.25) is 0 Å². The molecule has 0 spiro atoms. The Bertz CT molecular complexity index is 554. The molecule has 0 aliphatic heterocycles. The molecule has 0 bridgehead atoms. The van der Waals surface area contributed by atoms with Gasteiger partial charge in [0.25, 0.3) is 0 Å². The quantitative estimate of drug-likeness (QED) is 0.867. The van der Waals surface area contributed by atoms with Gasteiger partial charge >= 0.3 is 5.97 Å². The molecule has 1 heterocycles. The smallest absolute Gasteiger partial charge is 0.303 e. The minimum atomic E-state index is -0.860. The molecule has 2 aromatic rings. The molecular weight excluding hydrogens is 220 g/mol. The number of fused-ring (bicyclic) bond motifs is 1. The fourth-order valence-electron chi connectivity index (χ4n) is 1.58. The molecule has 0 saturated carbocycles. The summed E-state index contributed by atoms with van der Waals surface area (Å²) in [5.41, 5.74) is 0.764. The largest absolute Gasteiger partial charge is 0.481 e. The highest BCUT2D eigenvalue weighted by Crippen LogP contribution is 2.21. The molecule has 0 aliphatic rings. The fraction of sp³-hybridized carbons (Fsp3) is 0.250. The van der Waals surface area contributed by atoms with E-state index in [1.165, 1.54) is 7.11 Å². The molecule has 0 saturated heterocycles. The van der Waals surface area contributed by atoms with Crippen LogP contribution in [0.4, 0.5) is 0 Å². The molecule has 1 N–H and O–H groups in total. The summed E-state index contributed by atoms with van der Waals surface area (Å²) < 4.78 is 5.18. The van der Waals surface area contributed by atoms with Crippen LogP contribution >= 0.6 is 0 Å². The second kappa shape index (κ2) is 4.78. The van der Waals surface area contributed by atoms with Gasteiger partial charge in [-0.25, -0.2) is 4.98 Å². The average Bonchev–Trinajstić information content (AvgIpc) is 2.35. The molecule has 2 rings (SSSR count). The molecule has 0 aliphatic carbocycles. The summed E-state index contributed by atoms with van der Waals surface area (Å²) in [5, 5.41) is 9.46. The first-order valence-corrected chi connectivity index (χ1v) is 5.22. The van der Waals surface area contributed by atoms with Gasteiger partial charge in [-0.15, -0.1) is 0 Å². The molecule has 0 fully saturated rings. The molecular formula is C12H12N2O3. The van der Waals surface area contributed by atoms with Crippen LogP contribution in [0.3, 0.4) is 0 Å². The fourth-order valence-corrected chi connectivity index (χ4v) is 1.58. The Morgan fingerprint density at radius 1 is 1.35 bits per heavy atom. The van der Waals surface area contributed by atoms with Crippen LogP contribution in [0.5, 0.6) is 5.88 Å². The monoisotopic (exact) mass is 232 g/mol. The Morgan fingerprint density at radius 2 is 2.12 bits per heavy atom. The molecule has 17 heavy (non-hydrogen) atoms. The Kier molecular flexibility index (Phi) is 3.18. The lowest BCUT2D eigenvalue weighted by atomic mass is 10.2. The normalized spacial score (nSPS) is 10.4. The zero-order valence-electron chi connectivity index (χ0n) is 9.38. The van der Waals surface area contributed by atoms with Crippen molar-refractivity contribution >= 4 is 16.9 Å². The summed E-state index contributed by atoms with van der Waals surface area (Å²) in [6, 6.07) is 7.47. The van der Waals surface area contributed by atoms with Crippen LogP contribution in [0.1, 0.15) is 12.2 Å². The SMILES string of the molecule is COc1nc(CCC(=O)O)nc2ccccc12. The number of para-hydroxylation sites is 1. The van der Waals surface area contributed by atoms with Crippen LogP contribution in [0.15, 0.2) is 24.3 Å². The molecule has 5 heteroatoms. The number of benzene rings is 1. The number of carbonyl (C=O) groups is 1. The topological polar surface area (TPSA) is 72.3 Å². The Balaban J connectivity index is 2.41. The van der Waals surface area contributed by atoms with Crippen molar-refractivity contribution in [3.63, 3.8) is 0 Å². The van der Waals surface area contributed by atoms with Gasteiger partial charge in [-0.1, -0.05) is 12.1 Å². The summed E-state index contributed by atoms with van der Waals surface area (Å²) >= 11 is 0. The van der Waals surface area contributed by atoms with Crippen molar-refractivity contribution in [2.24, 2.45) is 0 Å². The summed E-state index contributed by atoms with van der Waals surface area (Å²) in [6.45, 7) is 0. The third-order valence-electron chi connectivity index (χ3n) is 2.37. The van der Waals surface area contributed by atoms with E-state index in [0.717, 1.165) is 10.9 Å². The molecule has 0 radical (unpaired) electrons. The van der Waals surface area contributed by atoms with E-state index >= 15 is 0 Å². The van der Waals surface area contributed by atoms with E-state index in [1.54, 1.807) is 0 Å². The number of aliphatic carboxylic acids is 1. The van der Waals surface area contributed by atoms with Crippen molar-refractivity contribution in [2.75, 3.05) is 7.11 Å².